The van der Waals surface area contributed by atoms with Gasteiger partial charge in [-0.3, -0.25) is 9.48 Å². The van der Waals surface area contributed by atoms with Gasteiger partial charge in [-0.15, -0.1) is 0 Å². The number of nitrogens with two attached hydrogens (primary N) is 1. The van der Waals surface area contributed by atoms with Gasteiger partial charge in [-0.05, 0) is 48.4 Å². The summed E-state index contributed by atoms with van der Waals surface area (Å²) >= 11 is 0. The number of H-pyrrole nitrogens is 1. The van der Waals surface area contributed by atoms with Gasteiger partial charge in [-0.2, -0.15) is 5.10 Å². The van der Waals surface area contributed by atoms with E-state index in [9.17, 15) is 13.6 Å². The van der Waals surface area contributed by atoms with Crippen LogP contribution in [-0.2, 0) is 7.05 Å². The second-order valence-electron chi connectivity index (χ2n) is 9.15. The first-order chi connectivity index (χ1) is 15.1. The number of amides is 1. The van der Waals surface area contributed by atoms with Crippen LogP contribution in [0.4, 0.5) is 8.78 Å². The highest BCUT2D eigenvalue weighted by Gasteiger charge is 2.39. The molecule has 2 unspecified atom stereocenters. The molecule has 7 nitrogen and oxygen atoms in total. The van der Waals surface area contributed by atoms with Crippen LogP contribution in [0.15, 0.2) is 30.5 Å². The molecular weight excluding hydrogens is 414 g/mol. The number of imidazole rings is 1. The minimum Gasteiger partial charge on any atom is -0.340 e. The molecule has 1 saturated carbocycles. The molecule has 0 bridgehead atoms. The van der Waals surface area contributed by atoms with Crippen LogP contribution < -0.4 is 11.1 Å². The average molecular weight is 445 g/mol. The number of alkyl halides is 2. The molecule has 2 aromatic heterocycles. The van der Waals surface area contributed by atoms with Gasteiger partial charge in [-0.1, -0.05) is 19.9 Å². The number of fused-ring (bicyclic) bond motifs is 1. The molecule has 1 amide bonds. The van der Waals surface area contributed by atoms with Gasteiger partial charge in [-0.25, -0.2) is 13.8 Å². The van der Waals surface area contributed by atoms with Crippen molar-refractivity contribution < 1.29 is 13.6 Å². The van der Waals surface area contributed by atoms with Crippen molar-refractivity contribution in [3.63, 3.8) is 0 Å². The lowest BCUT2D eigenvalue weighted by Gasteiger charge is -2.33. The minimum absolute atomic E-state index is 0.111. The molecule has 0 spiro atoms. The number of rotatable bonds is 6. The van der Waals surface area contributed by atoms with Crippen LogP contribution in [0, 0.1) is 11.8 Å². The Morgan fingerprint density at radius 3 is 2.62 bits per heavy atom. The number of aromatic nitrogens is 4. The monoisotopic (exact) mass is 444 g/mol. The molecule has 9 heteroatoms. The Kier molecular flexibility index (Phi) is 6.03. The molecule has 3 aromatic rings. The maximum Gasteiger partial charge on any atom is 0.270 e. The van der Waals surface area contributed by atoms with Crippen molar-refractivity contribution in [2.24, 2.45) is 24.6 Å². The molecule has 1 aliphatic rings. The Labute approximate surface area is 185 Å². The fraction of sp³-hybridized carbons (Fsp3) is 0.522. The summed E-state index contributed by atoms with van der Waals surface area (Å²) in [5.41, 5.74) is 9.25. The van der Waals surface area contributed by atoms with Gasteiger partial charge in [0.05, 0.1) is 17.1 Å². The predicted octanol–water partition coefficient (Wildman–Crippen LogP) is 4.25. The summed E-state index contributed by atoms with van der Waals surface area (Å²) in [5.74, 6) is -2.26. The Bertz CT molecular complexity index is 1100. The Balaban J connectivity index is 1.66. The van der Waals surface area contributed by atoms with Crippen molar-refractivity contribution >= 4 is 16.9 Å². The summed E-state index contributed by atoms with van der Waals surface area (Å²) in [6.45, 7) is 4.13. The summed E-state index contributed by atoms with van der Waals surface area (Å²) in [7, 11) is 1.69. The summed E-state index contributed by atoms with van der Waals surface area (Å²) < 4.78 is 29.1. The minimum atomic E-state index is -2.65. The molecule has 1 aliphatic carbocycles. The Morgan fingerprint density at radius 1 is 1.28 bits per heavy atom. The van der Waals surface area contributed by atoms with E-state index in [2.05, 4.69) is 29.2 Å². The smallest absolute Gasteiger partial charge is 0.270 e. The van der Waals surface area contributed by atoms with Crippen LogP contribution in [0.25, 0.3) is 11.0 Å². The third-order valence-electron chi connectivity index (χ3n) is 6.50. The zero-order valence-electron chi connectivity index (χ0n) is 18.6. The first kappa shape index (κ1) is 22.4. The molecule has 4 N–H and O–H groups in total. The van der Waals surface area contributed by atoms with Crippen LogP contribution in [0.3, 0.4) is 0 Å². The highest BCUT2D eigenvalue weighted by atomic mass is 19.3. The van der Waals surface area contributed by atoms with Gasteiger partial charge < -0.3 is 16.0 Å². The molecule has 4 rings (SSSR count). The van der Waals surface area contributed by atoms with Crippen molar-refractivity contribution in [1.82, 2.24) is 25.1 Å². The molecule has 32 heavy (non-hydrogen) atoms. The Hall–Kier alpha value is -2.81. The van der Waals surface area contributed by atoms with Crippen molar-refractivity contribution in [1.29, 1.82) is 0 Å². The maximum atomic E-state index is 13.8. The number of carbonyl (C=O) groups excluding carboxylic acids is 1. The summed E-state index contributed by atoms with van der Waals surface area (Å²) in [5, 5.41) is 7.07. The van der Waals surface area contributed by atoms with Crippen molar-refractivity contribution in [2.75, 3.05) is 0 Å². The third kappa shape index (κ3) is 4.53. The zero-order chi connectivity index (χ0) is 23.0. The van der Waals surface area contributed by atoms with E-state index >= 15 is 0 Å². The molecular formula is C23H30F2N6O. The van der Waals surface area contributed by atoms with Crippen LogP contribution in [0.1, 0.15) is 73.5 Å². The number of halogens is 2. The first-order valence-corrected chi connectivity index (χ1v) is 11.1. The van der Waals surface area contributed by atoms with Crippen molar-refractivity contribution in [3.05, 3.63) is 47.5 Å². The lowest BCUT2D eigenvalue weighted by atomic mass is 9.81. The second kappa shape index (κ2) is 8.61. The molecule has 0 aliphatic heterocycles. The fourth-order valence-corrected chi connectivity index (χ4v) is 4.40. The zero-order valence-corrected chi connectivity index (χ0v) is 18.6. The molecule has 2 heterocycles. The van der Waals surface area contributed by atoms with Gasteiger partial charge in [0, 0.05) is 32.1 Å². The van der Waals surface area contributed by atoms with E-state index in [1.165, 1.54) is 4.68 Å². The number of hydrogen-bond donors (Lipinski definition) is 3. The van der Waals surface area contributed by atoms with E-state index in [0.29, 0.717) is 24.4 Å². The van der Waals surface area contributed by atoms with Gasteiger partial charge in [0.25, 0.3) is 5.91 Å². The van der Waals surface area contributed by atoms with E-state index in [1.54, 1.807) is 19.3 Å². The number of aryl methyl sites for hydroxylation is 1. The fourth-order valence-electron chi connectivity index (χ4n) is 4.40. The number of benzene rings is 1. The SMILES string of the molecule is CC(C)C(N)c1ccc2[nH]c(C(NC(=O)c3ccnn3C)C3CCC(F)(F)CC3)nc2c1. The van der Waals surface area contributed by atoms with Gasteiger partial charge in [0.2, 0.25) is 5.92 Å². The maximum absolute atomic E-state index is 13.8. The highest BCUT2D eigenvalue weighted by Crippen LogP contribution is 2.41. The summed E-state index contributed by atoms with van der Waals surface area (Å²) in [4.78, 5) is 21.0. The van der Waals surface area contributed by atoms with E-state index in [1.807, 2.05) is 18.2 Å². The van der Waals surface area contributed by atoms with Gasteiger partial charge >= 0.3 is 0 Å². The van der Waals surface area contributed by atoms with Crippen LogP contribution >= 0.6 is 0 Å². The topological polar surface area (TPSA) is 102 Å². The lowest BCUT2D eigenvalue weighted by molar-refractivity contribution is -0.0496. The molecule has 172 valence electrons. The molecule has 0 radical (unpaired) electrons. The molecule has 0 saturated heterocycles. The lowest BCUT2D eigenvalue weighted by Crippen LogP contribution is -2.38. The Morgan fingerprint density at radius 2 is 2.00 bits per heavy atom. The number of aromatic amines is 1. The quantitative estimate of drug-likeness (QED) is 0.529. The van der Waals surface area contributed by atoms with E-state index in [-0.39, 0.29) is 36.6 Å². The summed E-state index contributed by atoms with van der Waals surface area (Å²) in [6.07, 6.45) is 1.78. The average Bonchev–Trinajstić information content (AvgIpc) is 3.36. The third-order valence-corrected chi connectivity index (χ3v) is 6.50. The second-order valence-corrected chi connectivity index (χ2v) is 9.15. The van der Waals surface area contributed by atoms with Gasteiger partial charge in [0.1, 0.15) is 11.5 Å². The number of carbonyl (C=O) groups is 1. The number of hydrogen-bond acceptors (Lipinski definition) is 4. The van der Waals surface area contributed by atoms with E-state index < -0.39 is 12.0 Å². The van der Waals surface area contributed by atoms with Gasteiger partial charge in [0.15, 0.2) is 0 Å². The number of nitrogens with one attached hydrogen (secondary N) is 2. The normalized spacial score (nSPS) is 18.7. The largest absolute Gasteiger partial charge is 0.340 e. The first-order valence-electron chi connectivity index (χ1n) is 11.1. The number of nitrogens with zero attached hydrogens (tertiary/aromatic N) is 3. The van der Waals surface area contributed by atoms with E-state index in [4.69, 9.17) is 10.7 Å². The van der Waals surface area contributed by atoms with Crippen LogP contribution in [-0.4, -0.2) is 31.6 Å². The predicted molar refractivity (Wildman–Crippen MR) is 118 cm³/mol. The van der Waals surface area contributed by atoms with E-state index in [0.717, 1.165) is 16.6 Å². The van der Waals surface area contributed by atoms with Crippen molar-refractivity contribution in [3.8, 4) is 0 Å². The van der Waals surface area contributed by atoms with Crippen LogP contribution in [0.5, 0.6) is 0 Å². The molecule has 1 aromatic carbocycles. The molecule has 1 fully saturated rings. The molecule has 2 atom stereocenters. The standard InChI is InChI=1S/C23H30F2N6O/c1-13(2)19(26)15-4-5-16-17(12-15)29-21(28-16)20(14-6-9-23(24,25)10-7-14)30-22(32)18-8-11-27-31(18)3/h4-5,8,11-14,19-20H,6-7,9-10,26H2,1-3H3,(H,28,29)(H,30,32). The van der Waals surface area contributed by atoms with Crippen molar-refractivity contribution in [2.45, 2.75) is 57.5 Å². The summed E-state index contributed by atoms with van der Waals surface area (Å²) in [6, 6.07) is 6.86. The van der Waals surface area contributed by atoms with Crippen LogP contribution in [0.2, 0.25) is 0 Å². The highest BCUT2D eigenvalue weighted by molar-refractivity contribution is 5.92.